The summed E-state index contributed by atoms with van der Waals surface area (Å²) in [7, 11) is 0. The van der Waals surface area contributed by atoms with Crippen molar-refractivity contribution in [1.82, 2.24) is 0 Å². The fourth-order valence-corrected chi connectivity index (χ4v) is 2.69. The van der Waals surface area contributed by atoms with Gasteiger partial charge in [0.2, 0.25) is 0 Å². The van der Waals surface area contributed by atoms with Crippen molar-refractivity contribution in [1.29, 1.82) is 0 Å². The van der Waals surface area contributed by atoms with E-state index in [1.807, 2.05) is 0 Å². The topological polar surface area (TPSA) is 201 Å². The van der Waals surface area contributed by atoms with E-state index < -0.39 is 73.9 Å². The van der Waals surface area contributed by atoms with Crippen LogP contribution in [0.25, 0.3) is 0 Å². The molecule has 0 radical (unpaired) electrons. The van der Waals surface area contributed by atoms with Gasteiger partial charge in [-0.15, -0.1) is 0 Å². The standard InChI is InChI=1S/C12H22O11/c13-1-2-3(14)4(15)10(21)12(22-2)23-11-8(19)6(17)5(16)7(18)9(11)20/h2-21H,1H2/t2?,3-,4?,5-,6?,7?,8?,9?,10?,11-,12-/m0/s1. The Hall–Kier alpha value is -0.440. The molecule has 0 bridgehead atoms. The summed E-state index contributed by atoms with van der Waals surface area (Å²) < 4.78 is 10.2. The third kappa shape index (κ3) is 3.36. The molecule has 0 aromatic carbocycles. The van der Waals surface area contributed by atoms with Crippen LogP contribution in [0.1, 0.15) is 0 Å². The van der Waals surface area contributed by atoms with Gasteiger partial charge in [0.15, 0.2) is 6.29 Å². The maximum atomic E-state index is 9.85. The lowest BCUT2D eigenvalue weighted by Gasteiger charge is -2.45. The molecule has 1 saturated carbocycles. The molecule has 11 heteroatoms. The molecule has 2 fully saturated rings. The molecule has 1 heterocycles. The zero-order chi connectivity index (χ0) is 17.5. The molecule has 0 spiro atoms. The highest BCUT2D eigenvalue weighted by molar-refractivity contribution is 5.00. The first-order chi connectivity index (χ1) is 10.7. The summed E-state index contributed by atoms with van der Waals surface area (Å²) in [4.78, 5) is 0. The van der Waals surface area contributed by atoms with Crippen molar-refractivity contribution in [2.45, 2.75) is 67.3 Å². The Morgan fingerprint density at radius 1 is 0.609 bits per heavy atom. The predicted molar refractivity (Wildman–Crippen MR) is 68.7 cm³/mol. The van der Waals surface area contributed by atoms with Crippen LogP contribution >= 0.6 is 0 Å². The predicted octanol–water partition coefficient (Wildman–Crippen LogP) is -6.01. The van der Waals surface area contributed by atoms with Crippen molar-refractivity contribution in [2.75, 3.05) is 6.61 Å². The maximum absolute atomic E-state index is 9.85. The van der Waals surface area contributed by atoms with Gasteiger partial charge in [0.1, 0.15) is 61.0 Å². The summed E-state index contributed by atoms with van der Waals surface area (Å²) >= 11 is 0. The van der Waals surface area contributed by atoms with Gasteiger partial charge in [-0.3, -0.25) is 0 Å². The number of rotatable bonds is 3. The van der Waals surface area contributed by atoms with Crippen molar-refractivity contribution < 1.29 is 55.4 Å². The zero-order valence-corrected chi connectivity index (χ0v) is 11.9. The largest absolute Gasteiger partial charge is 0.394 e. The highest BCUT2D eigenvalue weighted by atomic mass is 16.7. The number of ether oxygens (including phenoxy) is 2. The lowest BCUT2D eigenvalue weighted by atomic mass is 9.84. The van der Waals surface area contributed by atoms with Crippen LogP contribution in [0.15, 0.2) is 0 Å². The van der Waals surface area contributed by atoms with Gasteiger partial charge in [-0.25, -0.2) is 0 Å². The third-order valence-electron chi connectivity index (χ3n) is 4.21. The maximum Gasteiger partial charge on any atom is 0.187 e. The Bertz CT molecular complexity index is 377. The molecule has 11 nitrogen and oxygen atoms in total. The fourth-order valence-electron chi connectivity index (χ4n) is 2.69. The average Bonchev–Trinajstić information content (AvgIpc) is 2.54. The molecule has 0 aromatic heterocycles. The Morgan fingerprint density at radius 3 is 1.52 bits per heavy atom. The van der Waals surface area contributed by atoms with Gasteiger partial charge in [0, 0.05) is 0 Å². The van der Waals surface area contributed by atoms with Gasteiger partial charge in [0.05, 0.1) is 6.61 Å². The first kappa shape index (κ1) is 18.9. The van der Waals surface area contributed by atoms with Crippen LogP contribution in [0, 0.1) is 0 Å². The molecule has 9 N–H and O–H groups in total. The smallest absolute Gasteiger partial charge is 0.187 e. The van der Waals surface area contributed by atoms with E-state index in [9.17, 15) is 40.9 Å². The molecule has 0 aromatic rings. The van der Waals surface area contributed by atoms with Gasteiger partial charge in [-0.2, -0.15) is 0 Å². The molecule has 136 valence electrons. The minimum atomic E-state index is -1.83. The Balaban J connectivity index is 2.13. The molecule has 1 aliphatic heterocycles. The molecule has 1 saturated heterocycles. The quantitative estimate of drug-likeness (QED) is 0.236. The van der Waals surface area contributed by atoms with Crippen molar-refractivity contribution >= 4 is 0 Å². The van der Waals surface area contributed by atoms with Crippen LogP contribution in [-0.4, -0.2) is 120 Å². The second kappa shape index (κ2) is 7.21. The monoisotopic (exact) mass is 342 g/mol. The Labute approximate surface area is 130 Å². The van der Waals surface area contributed by atoms with E-state index in [0.717, 1.165) is 0 Å². The molecule has 0 amide bonds. The Kier molecular flexibility index (Phi) is 5.92. The van der Waals surface area contributed by atoms with Crippen molar-refractivity contribution in [3.8, 4) is 0 Å². The van der Waals surface area contributed by atoms with Crippen LogP contribution in [0.4, 0.5) is 0 Å². The highest BCUT2D eigenvalue weighted by Gasteiger charge is 2.52. The first-order valence-corrected chi connectivity index (χ1v) is 7.07. The molecule has 1 aliphatic carbocycles. The fraction of sp³-hybridized carbons (Fsp3) is 1.00. The summed E-state index contributed by atoms with van der Waals surface area (Å²) in [6, 6.07) is 0. The second-order valence-corrected chi connectivity index (χ2v) is 5.75. The van der Waals surface area contributed by atoms with Crippen LogP contribution < -0.4 is 0 Å². The summed E-state index contributed by atoms with van der Waals surface area (Å²) in [5.74, 6) is 0. The summed E-state index contributed by atoms with van der Waals surface area (Å²) in [5.41, 5.74) is 0. The van der Waals surface area contributed by atoms with E-state index in [1.165, 1.54) is 0 Å². The molecule has 2 aliphatic rings. The van der Waals surface area contributed by atoms with E-state index in [-0.39, 0.29) is 0 Å². The third-order valence-corrected chi connectivity index (χ3v) is 4.21. The van der Waals surface area contributed by atoms with Gasteiger partial charge in [0.25, 0.3) is 0 Å². The SMILES string of the molecule is OCC1O[C@@H](O[C@H]2C(O)C(O)[C@H](O)C(O)C2O)C(O)C(O)[C@H]1O. The summed E-state index contributed by atoms with van der Waals surface area (Å²) in [5, 5.41) is 86.6. The lowest BCUT2D eigenvalue weighted by Crippen LogP contribution is -2.67. The van der Waals surface area contributed by atoms with Crippen LogP contribution in [0.5, 0.6) is 0 Å². The lowest BCUT2D eigenvalue weighted by molar-refractivity contribution is -0.339. The molecular weight excluding hydrogens is 320 g/mol. The minimum absolute atomic E-state index is 0.704. The number of hydrogen-bond acceptors (Lipinski definition) is 11. The Morgan fingerprint density at radius 2 is 1.04 bits per heavy atom. The van der Waals surface area contributed by atoms with Gasteiger partial charge < -0.3 is 55.4 Å². The zero-order valence-electron chi connectivity index (χ0n) is 11.9. The minimum Gasteiger partial charge on any atom is -0.394 e. The van der Waals surface area contributed by atoms with Gasteiger partial charge >= 0.3 is 0 Å². The molecular formula is C12H22O11. The molecule has 7 unspecified atom stereocenters. The summed E-state index contributed by atoms with van der Waals surface area (Å²) in [6.07, 6.45) is -18.9. The van der Waals surface area contributed by atoms with Crippen molar-refractivity contribution in [3.05, 3.63) is 0 Å². The van der Waals surface area contributed by atoms with Crippen LogP contribution in [0.3, 0.4) is 0 Å². The number of aliphatic hydroxyl groups is 9. The number of hydrogen-bond donors (Lipinski definition) is 9. The molecule has 23 heavy (non-hydrogen) atoms. The van der Waals surface area contributed by atoms with Gasteiger partial charge in [-0.1, -0.05) is 0 Å². The summed E-state index contributed by atoms with van der Waals surface area (Å²) in [6.45, 7) is -0.704. The van der Waals surface area contributed by atoms with E-state index in [1.54, 1.807) is 0 Å². The van der Waals surface area contributed by atoms with Crippen molar-refractivity contribution in [2.24, 2.45) is 0 Å². The average molecular weight is 342 g/mol. The van der Waals surface area contributed by atoms with Crippen LogP contribution in [-0.2, 0) is 9.47 Å². The number of aliphatic hydroxyl groups excluding tert-OH is 9. The molecule has 9 atom stereocenters. The van der Waals surface area contributed by atoms with E-state index in [2.05, 4.69) is 0 Å². The van der Waals surface area contributed by atoms with E-state index >= 15 is 0 Å². The first-order valence-electron chi connectivity index (χ1n) is 7.07. The second-order valence-electron chi connectivity index (χ2n) is 5.75. The van der Waals surface area contributed by atoms with E-state index in [4.69, 9.17) is 14.6 Å². The highest BCUT2D eigenvalue weighted by Crippen LogP contribution is 2.29. The van der Waals surface area contributed by atoms with Crippen LogP contribution in [0.2, 0.25) is 0 Å². The van der Waals surface area contributed by atoms with E-state index in [0.29, 0.717) is 0 Å². The molecule has 2 rings (SSSR count). The van der Waals surface area contributed by atoms with Crippen molar-refractivity contribution in [3.63, 3.8) is 0 Å². The normalized spacial score (nSPS) is 54.9. The van der Waals surface area contributed by atoms with Gasteiger partial charge in [-0.05, 0) is 0 Å².